The molecule has 7 heterocycles. The van der Waals surface area contributed by atoms with Crippen molar-refractivity contribution in [1.29, 1.82) is 0 Å². The van der Waals surface area contributed by atoms with Crippen LogP contribution in [0.3, 0.4) is 0 Å². The summed E-state index contributed by atoms with van der Waals surface area (Å²) in [7, 11) is 0. The second kappa shape index (κ2) is 12.7. The van der Waals surface area contributed by atoms with Crippen LogP contribution in [-0.2, 0) is 15.7 Å². The van der Waals surface area contributed by atoms with E-state index >= 15 is 0 Å². The number of fused-ring (bicyclic) bond motifs is 4. The Morgan fingerprint density at radius 3 is 2.69 bits per heavy atom. The molecule has 1 saturated carbocycles. The highest BCUT2D eigenvalue weighted by Gasteiger charge is 2.49. The average molecular weight is 742 g/mol. The van der Waals surface area contributed by atoms with Crippen LogP contribution in [0.15, 0.2) is 22.6 Å². The Hall–Kier alpha value is -4.84. The molecule has 4 atom stereocenters. The van der Waals surface area contributed by atoms with Gasteiger partial charge in [-0.15, -0.1) is 16.4 Å². The maximum absolute atomic E-state index is 14.7. The number of amides is 2. The van der Waals surface area contributed by atoms with Crippen molar-refractivity contribution >= 4 is 45.9 Å². The molecule has 274 valence electrons. The number of aryl methyl sites for hydroxylation is 1. The first-order valence-corrected chi connectivity index (χ1v) is 17.9. The number of carbonyl (C=O) groups is 2. The number of hydrogen-bond donors (Lipinski definition) is 2. The van der Waals surface area contributed by atoms with Gasteiger partial charge in [0.25, 0.3) is 11.5 Å². The first-order valence-electron chi connectivity index (χ1n) is 18.0. The Bertz CT molecular complexity index is 2310. The predicted molar refractivity (Wildman–Crippen MR) is 184 cm³/mol. The Morgan fingerprint density at radius 1 is 1.17 bits per heavy atom. The lowest BCUT2D eigenvalue weighted by Crippen LogP contribution is -2.67. The zero-order valence-electron chi connectivity index (χ0n) is 30.4. The van der Waals surface area contributed by atoms with Crippen molar-refractivity contribution in [2.45, 2.75) is 83.1 Å². The second-order valence-corrected chi connectivity index (χ2v) is 14.4. The van der Waals surface area contributed by atoms with Crippen LogP contribution in [0.4, 0.5) is 24.5 Å². The van der Waals surface area contributed by atoms with Crippen molar-refractivity contribution in [2.24, 2.45) is 0 Å². The van der Waals surface area contributed by atoms with Crippen molar-refractivity contribution in [3.63, 3.8) is 0 Å². The van der Waals surface area contributed by atoms with E-state index in [0.29, 0.717) is 41.1 Å². The molecule has 2 unspecified atom stereocenters. The zero-order valence-corrected chi connectivity index (χ0v) is 29.2. The summed E-state index contributed by atoms with van der Waals surface area (Å²) in [6, 6.07) is -1.58. The van der Waals surface area contributed by atoms with E-state index in [-0.39, 0.29) is 97.0 Å². The van der Waals surface area contributed by atoms with E-state index in [1.807, 2.05) is 11.8 Å². The minimum absolute atomic E-state index is 0.0233. The summed E-state index contributed by atoms with van der Waals surface area (Å²) in [5, 5.41) is 19.1. The molecule has 3 aliphatic heterocycles. The molecule has 2 fully saturated rings. The van der Waals surface area contributed by atoms with Gasteiger partial charge in [-0.2, -0.15) is 22.7 Å². The van der Waals surface area contributed by atoms with Gasteiger partial charge in [-0.1, -0.05) is 13.0 Å². The molecule has 0 radical (unpaired) electrons. The standard InChI is InChI=1S/C34H36F3N9O5S/c1-16-13-23(30(48)40-20-14-52-28(17(20)2)34(35,36)37)45-25(16)26(32(50)46-33(45)41-29(42-46)19-5-4-11-51-12-8-19)43-9-10-44(22-7-6-21(22)43)31(49)24-27(47)18(3)38-15-39-24/h8,14-16,21-23,47H,4-7,9-13H2,1-3H3,(H,40,48)/t16?,21-,22-,23?/m0/s1/i11D2. The molecule has 0 bridgehead atoms. The van der Waals surface area contributed by atoms with Gasteiger partial charge >= 0.3 is 6.18 Å². The molecule has 4 aromatic heterocycles. The number of nitrogens with one attached hydrogen (secondary N) is 1. The van der Waals surface area contributed by atoms with E-state index in [1.54, 1.807) is 22.5 Å². The maximum Gasteiger partial charge on any atom is 0.425 e. The Morgan fingerprint density at radius 2 is 1.96 bits per heavy atom. The number of aromatic hydroxyl groups is 1. The lowest BCUT2D eigenvalue weighted by molar-refractivity contribution is -0.134. The van der Waals surface area contributed by atoms with Crippen LogP contribution >= 0.6 is 11.3 Å². The summed E-state index contributed by atoms with van der Waals surface area (Å²) in [6.45, 7) is 3.28. The minimum Gasteiger partial charge on any atom is -0.504 e. The molecule has 2 amide bonds. The molecule has 2 N–H and O–H groups in total. The number of halogens is 3. The van der Waals surface area contributed by atoms with E-state index in [4.69, 9.17) is 12.5 Å². The van der Waals surface area contributed by atoms with E-state index in [0.717, 1.165) is 4.52 Å². The number of rotatable bonds is 5. The SMILES string of the molecule is [2H]C1([2H])CCC(c2nc3n4c(c(N5CCN(C(=O)c6ncnc(C)c6O)[C@H]6CC[C@@H]65)c(=O)n3n2)C(C)CC4C(=O)Nc2csc(C(F)(F)F)c2C)=CCO1. The summed E-state index contributed by atoms with van der Waals surface area (Å²) in [4.78, 5) is 58.0. The Labute approximate surface area is 301 Å². The summed E-state index contributed by atoms with van der Waals surface area (Å²) in [6.07, 6.45) is 0.0467. The lowest BCUT2D eigenvalue weighted by atomic mass is 9.81. The van der Waals surface area contributed by atoms with Crippen LogP contribution in [0.25, 0.3) is 11.4 Å². The number of alkyl halides is 3. The van der Waals surface area contributed by atoms with Crippen LogP contribution < -0.4 is 15.8 Å². The van der Waals surface area contributed by atoms with Crippen molar-refractivity contribution in [1.82, 2.24) is 34.0 Å². The summed E-state index contributed by atoms with van der Waals surface area (Å²) in [5.41, 5.74) is 1.01. The number of thiophene rings is 1. The third-order valence-electron chi connectivity index (χ3n) is 10.6. The highest BCUT2D eigenvalue weighted by molar-refractivity contribution is 7.10. The molecular formula is C34H36F3N9O5S. The molecule has 0 spiro atoms. The van der Waals surface area contributed by atoms with Crippen LogP contribution in [0, 0.1) is 13.8 Å². The molecule has 1 aliphatic carbocycles. The van der Waals surface area contributed by atoms with E-state index in [2.05, 4.69) is 20.4 Å². The molecular weight excluding hydrogens is 703 g/mol. The van der Waals surface area contributed by atoms with Gasteiger partial charge in [0, 0.05) is 37.0 Å². The van der Waals surface area contributed by atoms with Crippen molar-refractivity contribution < 1.29 is 35.3 Å². The van der Waals surface area contributed by atoms with Gasteiger partial charge in [0.1, 0.15) is 22.9 Å². The molecule has 14 nitrogen and oxygen atoms in total. The van der Waals surface area contributed by atoms with Crippen LogP contribution in [0.2, 0.25) is 0 Å². The molecule has 1 saturated heterocycles. The van der Waals surface area contributed by atoms with Gasteiger partial charge < -0.3 is 25.0 Å². The number of carbonyl (C=O) groups excluding carboxylic acids is 2. The van der Waals surface area contributed by atoms with Gasteiger partial charge in [-0.3, -0.25) is 19.0 Å². The molecule has 52 heavy (non-hydrogen) atoms. The van der Waals surface area contributed by atoms with Crippen LogP contribution in [0.1, 0.15) is 91.9 Å². The van der Waals surface area contributed by atoms with Gasteiger partial charge in [-0.25, -0.2) is 9.97 Å². The molecule has 18 heteroatoms. The summed E-state index contributed by atoms with van der Waals surface area (Å²) in [5.74, 6) is -1.46. The van der Waals surface area contributed by atoms with Crippen LogP contribution in [-0.4, -0.2) is 89.3 Å². The lowest BCUT2D eigenvalue weighted by Gasteiger charge is -2.54. The summed E-state index contributed by atoms with van der Waals surface area (Å²) < 4.78 is 65.1. The van der Waals surface area contributed by atoms with E-state index in [1.165, 1.54) is 18.6 Å². The fourth-order valence-corrected chi connectivity index (χ4v) is 8.71. The molecule has 4 aromatic rings. The topological polar surface area (TPSA) is 160 Å². The highest BCUT2D eigenvalue weighted by Crippen LogP contribution is 2.46. The number of aromatic nitrogens is 6. The number of hydrogen-bond acceptors (Lipinski definition) is 11. The van der Waals surface area contributed by atoms with Crippen molar-refractivity contribution in [3.8, 4) is 5.75 Å². The van der Waals surface area contributed by atoms with Gasteiger partial charge in [-0.05, 0) is 57.1 Å². The fraction of sp³-hybridized carbons (Fsp3) is 0.500. The first kappa shape index (κ1) is 31.9. The Kier molecular flexibility index (Phi) is 7.77. The minimum atomic E-state index is -4.58. The number of allylic oxidation sites excluding steroid dienone is 1. The maximum atomic E-state index is 14.7. The van der Waals surface area contributed by atoms with Gasteiger partial charge in [0.2, 0.25) is 11.7 Å². The van der Waals surface area contributed by atoms with E-state index < -0.39 is 41.0 Å². The smallest absolute Gasteiger partial charge is 0.425 e. The van der Waals surface area contributed by atoms with Crippen molar-refractivity contribution in [2.75, 3.05) is 36.5 Å². The predicted octanol–water partition coefficient (Wildman–Crippen LogP) is 4.46. The zero-order chi connectivity index (χ0) is 38.4. The monoisotopic (exact) mass is 741 g/mol. The first-order chi connectivity index (χ1) is 25.6. The fourth-order valence-electron chi connectivity index (χ4n) is 7.82. The summed E-state index contributed by atoms with van der Waals surface area (Å²) >= 11 is 0.496. The highest BCUT2D eigenvalue weighted by atomic mass is 32.1. The molecule has 0 aromatic carbocycles. The number of nitrogens with zero attached hydrogens (tertiary/aromatic N) is 8. The number of ether oxygens (including phenoxy) is 1. The second-order valence-electron chi connectivity index (χ2n) is 13.5. The average Bonchev–Trinajstić information content (AvgIpc) is 3.76. The van der Waals surface area contributed by atoms with Crippen molar-refractivity contribution in [3.05, 3.63) is 61.5 Å². The van der Waals surface area contributed by atoms with Crippen LogP contribution in [0.5, 0.6) is 5.75 Å². The number of piperazine rings is 1. The third kappa shape index (κ3) is 5.45. The molecule has 8 rings (SSSR count). The third-order valence-corrected chi connectivity index (χ3v) is 11.7. The largest absolute Gasteiger partial charge is 0.504 e. The van der Waals surface area contributed by atoms with E-state index in [9.17, 15) is 32.7 Å². The Balaban J connectivity index is 1.21. The number of anilines is 2. The quantitative estimate of drug-likeness (QED) is 0.299. The normalized spacial score (nSPS) is 24.7. The molecule has 4 aliphatic rings. The van der Waals surface area contributed by atoms with Gasteiger partial charge in [0.15, 0.2) is 17.3 Å². The van der Waals surface area contributed by atoms with Gasteiger partial charge in [0.05, 0.1) is 32.5 Å².